The minimum atomic E-state index is -0.0650. The van der Waals surface area contributed by atoms with Crippen LogP contribution in [-0.4, -0.2) is 33.5 Å². The standard InChI is InChI=1S/C19H19ClN4OS/c1-12-8-9-13(2)16(10-12)24-18(14-6-4-5-7-15(14)20)22-23-19(24)26-11-17(25)21-3/h4-10H,11H2,1-3H3,(H,21,25). The SMILES string of the molecule is CNC(=O)CSc1nnc(-c2ccccc2Cl)n1-c1cc(C)ccc1C. The third-order valence-electron chi connectivity index (χ3n) is 3.96. The highest BCUT2D eigenvalue weighted by Crippen LogP contribution is 2.33. The van der Waals surface area contributed by atoms with Gasteiger partial charge in [-0.15, -0.1) is 10.2 Å². The third kappa shape index (κ3) is 3.76. The zero-order chi connectivity index (χ0) is 18.7. The molecule has 0 spiro atoms. The molecule has 1 N–H and O–H groups in total. The van der Waals surface area contributed by atoms with Crippen LogP contribution in [-0.2, 0) is 4.79 Å². The van der Waals surface area contributed by atoms with E-state index in [4.69, 9.17) is 11.6 Å². The minimum absolute atomic E-state index is 0.0650. The summed E-state index contributed by atoms with van der Waals surface area (Å²) in [6, 6.07) is 13.8. The highest BCUT2D eigenvalue weighted by atomic mass is 35.5. The molecule has 0 atom stereocenters. The number of aryl methyl sites for hydroxylation is 2. The zero-order valence-electron chi connectivity index (χ0n) is 14.8. The Morgan fingerprint density at radius 2 is 1.96 bits per heavy atom. The molecule has 1 aromatic heterocycles. The molecular formula is C19H19ClN4OS. The van der Waals surface area contributed by atoms with Crippen molar-refractivity contribution < 1.29 is 4.79 Å². The molecule has 1 heterocycles. The van der Waals surface area contributed by atoms with E-state index in [1.54, 1.807) is 7.05 Å². The van der Waals surface area contributed by atoms with E-state index in [0.717, 1.165) is 22.4 Å². The summed E-state index contributed by atoms with van der Waals surface area (Å²) in [5.74, 6) is 0.857. The van der Waals surface area contributed by atoms with Gasteiger partial charge in [0.15, 0.2) is 11.0 Å². The Morgan fingerprint density at radius 1 is 1.19 bits per heavy atom. The first-order valence-electron chi connectivity index (χ1n) is 8.12. The molecule has 3 aromatic rings. The largest absolute Gasteiger partial charge is 0.358 e. The van der Waals surface area contributed by atoms with Gasteiger partial charge in [0.05, 0.1) is 16.5 Å². The molecule has 5 nitrogen and oxygen atoms in total. The average molecular weight is 387 g/mol. The first-order valence-corrected chi connectivity index (χ1v) is 9.49. The molecule has 26 heavy (non-hydrogen) atoms. The number of hydrogen-bond acceptors (Lipinski definition) is 4. The van der Waals surface area contributed by atoms with Crippen LogP contribution in [0, 0.1) is 13.8 Å². The minimum Gasteiger partial charge on any atom is -0.358 e. The van der Waals surface area contributed by atoms with Crippen LogP contribution in [0.2, 0.25) is 5.02 Å². The van der Waals surface area contributed by atoms with Gasteiger partial charge in [0.25, 0.3) is 0 Å². The topological polar surface area (TPSA) is 59.8 Å². The number of aromatic nitrogens is 3. The fraction of sp³-hybridized carbons (Fsp3) is 0.211. The second-order valence-electron chi connectivity index (χ2n) is 5.87. The van der Waals surface area contributed by atoms with Crippen molar-refractivity contribution in [1.29, 1.82) is 0 Å². The van der Waals surface area contributed by atoms with Gasteiger partial charge >= 0.3 is 0 Å². The van der Waals surface area contributed by atoms with Crippen molar-refractivity contribution in [2.75, 3.05) is 12.8 Å². The summed E-state index contributed by atoms with van der Waals surface area (Å²) in [5.41, 5.74) is 4.00. The molecule has 0 saturated carbocycles. The molecule has 0 aliphatic rings. The van der Waals surface area contributed by atoms with Crippen molar-refractivity contribution in [3.63, 3.8) is 0 Å². The quantitative estimate of drug-likeness (QED) is 0.672. The van der Waals surface area contributed by atoms with Crippen molar-refractivity contribution in [2.45, 2.75) is 19.0 Å². The van der Waals surface area contributed by atoms with Crippen LogP contribution in [0.4, 0.5) is 0 Å². The number of halogens is 1. The second kappa shape index (κ2) is 7.93. The van der Waals surface area contributed by atoms with Gasteiger partial charge in [0.1, 0.15) is 0 Å². The monoisotopic (exact) mass is 386 g/mol. The molecule has 0 aliphatic heterocycles. The zero-order valence-corrected chi connectivity index (χ0v) is 16.4. The van der Waals surface area contributed by atoms with E-state index in [1.807, 2.05) is 42.7 Å². The summed E-state index contributed by atoms with van der Waals surface area (Å²) in [5, 5.41) is 12.6. The number of nitrogens with zero attached hydrogens (tertiary/aromatic N) is 3. The first kappa shape index (κ1) is 18.5. The van der Waals surface area contributed by atoms with E-state index >= 15 is 0 Å². The number of benzene rings is 2. The summed E-state index contributed by atoms with van der Waals surface area (Å²) in [6.07, 6.45) is 0. The number of amides is 1. The van der Waals surface area contributed by atoms with Crippen LogP contribution in [0.1, 0.15) is 11.1 Å². The van der Waals surface area contributed by atoms with Gasteiger partial charge in [0.2, 0.25) is 5.91 Å². The van der Waals surface area contributed by atoms with Crippen molar-refractivity contribution >= 4 is 29.3 Å². The molecule has 0 radical (unpaired) electrons. The molecule has 1 amide bonds. The van der Waals surface area contributed by atoms with Crippen molar-refractivity contribution in [3.8, 4) is 17.1 Å². The van der Waals surface area contributed by atoms with Gasteiger partial charge in [0, 0.05) is 12.6 Å². The average Bonchev–Trinajstić information content (AvgIpc) is 3.05. The van der Waals surface area contributed by atoms with Gasteiger partial charge in [-0.2, -0.15) is 0 Å². The van der Waals surface area contributed by atoms with Crippen LogP contribution in [0.25, 0.3) is 17.1 Å². The highest BCUT2D eigenvalue weighted by Gasteiger charge is 2.20. The number of nitrogens with one attached hydrogen (secondary N) is 1. The van der Waals surface area contributed by atoms with Gasteiger partial charge in [-0.25, -0.2) is 0 Å². The Hall–Kier alpha value is -2.31. The van der Waals surface area contributed by atoms with Gasteiger partial charge in [-0.05, 0) is 43.2 Å². The summed E-state index contributed by atoms with van der Waals surface area (Å²) in [6.45, 7) is 4.08. The van der Waals surface area contributed by atoms with Gasteiger partial charge in [-0.3, -0.25) is 9.36 Å². The summed E-state index contributed by atoms with van der Waals surface area (Å²) in [7, 11) is 1.62. The Balaban J connectivity index is 2.17. The van der Waals surface area contributed by atoms with Crippen LogP contribution >= 0.6 is 23.4 Å². The van der Waals surface area contributed by atoms with Crippen LogP contribution in [0.15, 0.2) is 47.6 Å². The molecule has 0 fully saturated rings. The molecular weight excluding hydrogens is 368 g/mol. The van der Waals surface area contributed by atoms with E-state index in [2.05, 4.69) is 33.7 Å². The smallest absolute Gasteiger partial charge is 0.230 e. The van der Waals surface area contributed by atoms with Gasteiger partial charge < -0.3 is 5.32 Å². The fourth-order valence-corrected chi connectivity index (χ4v) is 3.60. The highest BCUT2D eigenvalue weighted by molar-refractivity contribution is 7.99. The fourth-order valence-electron chi connectivity index (χ4n) is 2.56. The third-order valence-corrected chi connectivity index (χ3v) is 5.22. The van der Waals surface area contributed by atoms with E-state index in [1.165, 1.54) is 11.8 Å². The molecule has 3 rings (SSSR count). The predicted octanol–water partition coefficient (Wildman–Crippen LogP) is 4.04. The molecule has 0 saturated heterocycles. The van der Waals surface area contributed by atoms with Crippen molar-refractivity contribution in [2.24, 2.45) is 0 Å². The molecule has 0 unspecified atom stereocenters. The van der Waals surface area contributed by atoms with Crippen LogP contribution in [0.5, 0.6) is 0 Å². The second-order valence-corrected chi connectivity index (χ2v) is 7.22. The normalized spacial score (nSPS) is 10.8. The van der Waals surface area contributed by atoms with Gasteiger partial charge in [-0.1, -0.05) is 47.6 Å². The maximum Gasteiger partial charge on any atom is 0.230 e. The van der Waals surface area contributed by atoms with E-state index in [0.29, 0.717) is 16.0 Å². The van der Waals surface area contributed by atoms with Crippen molar-refractivity contribution in [3.05, 3.63) is 58.6 Å². The lowest BCUT2D eigenvalue weighted by molar-refractivity contribution is -0.118. The Bertz CT molecular complexity index is 954. The lowest BCUT2D eigenvalue weighted by atomic mass is 10.1. The first-order chi connectivity index (χ1) is 12.5. The maximum absolute atomic E-state index is 11.7. The molecule has 0 aliphatic carbocycles. The molecule has 7 heteroatoms. The van der Waals surface area contributed by atoms with Crippen LogP contribution < -0.4 is 5.32 Å². The van der Waals surface area contributed by atoms with E-state index in [-0.39, 0.29) is 11.7 Å². The Kier molecular flexibility index (Phi) is 5.64. The lowest BCUT2D eigenvalue weighted by Crippen LogP contribution is -2.20. The summed E-state index contributed by atoms with van der Waals surface area (Å²) >= 11 is 7.74. The maximum atomic E-state index is 11.7. The summed E-state index contributed by atoms with van der Waals surface area (Å²) < 4.78 is 1.97. The van der Waals surface area contributed by atoms with E-state index < -0.39 is 0 Å². The molecule has 2 aromatic carbocycles. The number of thioether (sulfide) groups is 1. The Labute approximate surface area is 161 Å². The lowest BCUT2D eigenvalue weighted by Gasteiger charge is -2.14. The summed E-state index contributed by atoms with van der Waals surface area (Å²) in [4.78, 5) is 11.7. The molecule has 134 valence electrons. The number of carbonyl (C=O) groups excluding carboxylic acids is 1. The molecule has 0 bridgehead atoms. The Morgan fingerprint density at radius 3 is 2.69 bits per heavy atom. The number of carbonyl (C=O) groups is 1. The van der Waals surface area contributed by atoms with E-state index in [9.17, 15) is 4.79 Å². The number of rotatable bonds is 5. The van der Waals surface area contributed by atoms with Crippen molar-refractivity contribution in [1.82, 2.24) is 20.1 Å². The van der Waals surface area contributed by atoms with Crippen LogP contribution in [0.3, 0.4) is 0 Å². The predicted molar refractivity (Wildman–Crippen MR) is 106 cm³/mol. The number of hydrogen-bond donors (Lipinski definition) is 1.